The highest BCUT2D eigenvalue weighted by Crippen LogP contribution is 2.32. The van der Waals surface area contributed by atoms with Crippen LogP contribution < -0.4 is 14.8 Å². The zero-order chi connectivity index (χ0) is 20.1. The Morgan fingerprint density at radius 2 is 1.96 bits per heavy atom. The molecule has 1 aromatic heterocycles. The lowest BCUT2D eigenvalue weighted by molar-refractivity contribution is -0.120. The number of rotatable bonds is 7. The molecule has 0 bridgehead atoms. The highest BCUT2D eigenvalue weighted by Gasteiger charge is 2.14. The van der Waals surface area contributed by atoms with Crippen molar-refractivity contribution < 1.29 is 23.2 Å². The second-order valence-electron chi connectivity index (χ2n) is 5.91. The zero-order valence-corrected chi connectivity index (χ0v) is 16.0. The lowest BCUT2D eigenvalue weighted by Crippen LogP contribution is -2.25. The fourth-order valence-corrected chi connectivity index (χ4v) is 2.86. The summed E-state index contributed by atoms with van der Waals surface area (Å²) < 4.78 is 29.6. The van der Waals surface area contributed by atoms with Gasteiger partial charge in [0.05, 0.1) is 27.2 Å². The van der Waals surface area contributed by atoms with E-state index in [1.807, 2.05) is 6.07 Å². The van der Waals surface area contributed by atoms with Crippen LogP contribution in [0.15, 0.2) is 47.0 Å². The number of carbonyl (C=O) groups is 1. The van der Waals surface area contributed by atoms with E-state index in [0.29, 0.717) is 23.0 Å². The van der Waals surface area contributed by atoms with Crippen LogP contribution in [0.1, 0.15) is 11.3 Å². The lowest BCUT2D eigenvalue weighted by atomic mass is 10.1. The second-order valence-corrected chi connectivity index (χ2v) is 6.31. The first kappa shape index (κ1) is 19.7. The first-order chi connectivity index (χ1) is 13.5. The van der Waals surface area contributed by atoms with Crippen LogP contribution in [0.5, 0.6) is 11.5 Å². The number of methoxy groups -OCH3 is 2. The molecule has 28 heavy (non-hydrogen) atoms. The summed E-state index contributed by atoms with van der Waals surface area (Å²) in [6.45, 7) is 0.141. The van der Waals surface area contributed by atoms with E-state index < -0.39 is 5.82 Å². The highest BCUT2D eigenvalue weighted by atomic mass is 35.5. The van der Waals surface area contributed by atoms with Gasteiger partial charge in [-0.15, -0.1) is 0 Å². The first-order valence-electron chi connectivity index (χ1n) is 8.39. The van der Waals surface area contributed by atoms with Crippen LogP contribution in [0, 0.1) is 5.82 Å². The number of nitrogens with zero attached hydrogens (tertiary/aromatic N) is 1. The fraction of sp³-hybridized carbons (Fsp3) is 0.200. The van der Waals surface area contributed by atoms with Gasteiger partial charge in [0.15, 0.2) is 17.3 Å². The van der Waals surface area contributed by atoms with Crippen molar-refractivity contribution in [2.75, 3.05) is 14.2 Å². The average Bonchev–Trinajstić information content (AvgIpc) is 3.18. The molecule has 3 aromatic rings. The van der Waals surface area contributed by atoms with Crippen molar-refractivity contribution in [2.45, 2.75) is 13.0 Å². The average molecular weight is 405 g/mol. The SMILES string of the molecule is COc1ccc(-c2cc(CNC(=O)Cc3c(F)cccc3Cl)no2)cc1OC. The topological polar surface area (TPSA) is 73.6 Å². The molecule has 1 N–H and O–H groups in total. The molecule has 146 valence electrons. The standard InChI is InChI=1S/C20H18ClFN2O4/c1-26-17-7-6-12(8-19(17)27-2)18-9-13(24-28-18)11-23-20(25)10-14-15(21)4-3-5-16(14)22/h3-9H,10-11H2,1-2H3,(H,23,25). The molecule has 0 atom stereocenters. The number of carbonyl (C=O) groups excluding carboxylic acids is 1. The molecule has 1 amide bonds. The minimum Gasteiger partial charge on any atom is -0.493 e. The van der Waals surface area contributed by atoms with Crippen LogP contribution in [-0.2, 0) is 17.8 Å². The third kappa shape index (κ3) is 4.43. The Morgan fingerprint density at radius 3 is 2.68 bits per heavy atom. The molecule has 0 aliphatic carbocycles. The van der Waals surface area contributed by atoms with Crippen molar-refractivity contribution >= 4 is 17.5 Å². The fourth-order valence-electron chi connectivity index (χ4n) is 2.63. The van der Waals surface area contributed by atoms with Gasteiger partial charge in [-0.3, -0.25) is 4.79 Å². The van der Waals surface area contributed by atoms with Crippen LogP contribution in [0.25, 0.3) is 11.3 Å². The van der Waals surface area contributed by atoms with Gasteiger partial charge in [0.25, 0.3) is 0 Å². The molecule has 0 radical (unpaired) electrons. The smallest absolute Gasteiger partial charge is 0.224 e. The quantitative estimate of drug-likeness (QED) is 0.644. The molecule has 0 aliphatic rings. The Morgan fingerprint density at radius 1 is 1.18 bits per heavy atom. The highest BCUT2D eigenvalue weighted by molar-refractivity contribution is 6.31. The van der Waals surface area contributed by atoms with Gasteiger partial charge in [-0.05, 0) is 30.3 Å². The Balaban J connectivity index is 1.64. The Kier molecular flexibility index (Phi) is 6.16. The predicted octanol–water partition coefficient (Wildman–Crippen LogP) is 4.01. The number of hydrogen-bond acceptors (Lipinski definition) is 5. The molecular weight excluding hydrogens is 387 g/mol. The first-order valence-corrected chi connectivity index (χ1v) is 8.77. The maximum absolute atomic E-state index is 13.8. The van der Waals surface area contributed by atoms with E-state index in [9.17, 15) is 9.18 Å². The molecule has 6 nitrogen and oxygen atoms in total. The van der Waals surface area contributed by atoms with Crippen LogP contribution >= 0.6 is 11.6 Å². The van der Waals surface area contributed by atoms with Gasteiger partial charge < -0.3 is 19.3 Å². The van der Waals surface area contributed by atoms with E-state index in [-0.39, 0.29) is 29.5 Å². The van der Waals surface area contributed by atoms with Crippen LogP contribution in [0.2, 0.25) is 5.02 Å². The molecule has 1 heterocycles. The number of ether oxygens (including phenoxy) is 2. The molecule has 3 rings (SSSR count). The summed E-state index contributed by atoms with van der Waals surface area (Å²) >= 11 is 5.94. The molecular formula is C20H18ClFN2O4. The predicted molar refractivity (Wildman–Crippen MR) is 102 cm³/mol. The molecule has 0 fully saturated rings. The van der Waals surface area contributed by atoms with Gasteiger partial charge in [0.1, 0.15) is 11.5 Å². The number of benzene rings is 2. The Labute approximate surface area is 166 Å². The van der Waals surface area contributed by atoms with Gasteiger partial charge in [0.2, 0.25) is 5.91 Å². The number of nitrogens with one attached hydrogen (secondary N) is 1. The van der Waals surface area contributed by atoms with Gasteiger partial charge >= 0.3 is 0 Å². The van der Waals surface area contributed by atoms with E-state index in [4.69, 9.17) is 25.6 Å². The minimum absolute atomic E-state index is 0.141. The van der Waals surface area contributed by atoms with Crippen molar-refractivity contribution in [2.24, 2.45) is 0 Å². The number of halogens is 2. The van der Waals surface area contributed by atoms with Crippen molar-refractivity contribution in [1.29, 1.82) is 0 Å². The van der Waals surface area contributed by atoms with E-state index >= 15 is 0 Å². The van der Waals surface area contributed by atoms with E-state index in [1.165, 1.54) is 12.1 Å². The van der Waals surface area contributed by atoms with Crippen molar-refractivity contribution in [3.05, 3.63) is 64.6 Å². The normalized spacial score (nSPS) is 10.6. The van der Waals surface area contributed by atoms with Gasteiger partial charge in [-0.25, -0.2) is 4.39 Å². The summed E-state index contributed by atoms with van der Waals surface area (Å²) in [7, 11) is 3.10. The third-order valence-electron chi connectivity index (χ3n) is 4.09. The molecule has 0 aliphatic heterocycles. The molecule has 0 saturated heterocycles. The summed E-state index contributed by atoms with van der Waals surface area (Å²) in [5, 5.41) is 6.83. The maximum Gasteiger partial charge on any atom is 0.224 e. The summed E-state index contributed by atoms with van der Waals surface area (Å²) in [6, 6.07) is 11.3. The Hall–Kier alpha value is -3.06. The molecule has 2 aromatic carbocycles. The number of hydrogen-bond donors (Lipinski definition) is 1. The summed E-state index contributed by atoms with van der Waals surface area (Å²) in [6.07, 6.45) is -0.161. The largest absolute Gasteiger partial charge is 0.493 e. The lowest BCUT2D eigenvalue weighted by Gasteiger charge is -2.07. The minimum atomic E-state index is -0.514. The molecule has 8 heteroatoms. The molecule has 0 spiro atoms. The molecule has 0 unspecified atom stereocenters. The summed E-state index contributed by atoms with van der Waals surface area (Å²) in [4.78, 5) is 12.1. The van der Waals surface area contributed by atoms with Crippen molar-refractivity contribution in [3.8, 4) is 22.8 Å². The number of aromatic nitrogens is 1. The second kappa shape index (κ2) is 8.75. The summed E-state index contributed by atoms with van der Waals surface area (Å²) in [5.41, 5.74) is 1.44. The monoisotopic (exact) mass is 404 g/mol. The van der Waals surface area contributed by atoms with Crippen molar-refractivity contribution in [3.63, 3.8) is 0 Å². The van der Waals surface area contributed by atoms with Crippen LogP contribution in [0.3, 0.4) is 0 Å². The van der Waals surface area contributed by atoms with Crippen LogP contribution in [0.4, 0.5) is 4.39 Å². The van der Waals surface area contributed by atoms with Gasteiger partial charge in [0, 0.05) is 22.2 Å². The summed E-state index contributed by atoms with van der Waals surface area (Å²) in [5.74, 6) is 0.794. The van der Waals surface area contributed by atoms with Crippen molar-refractivity contribution in [1.82, 2.24) is 10.5 Å². The molecule has 0 saturated carbocycles. The van der Waals surface area contributed by atoms with E-state index in [0.717, 1.165) is 5.56 Å². The number of amides is 1. The maximum atomic E-state index is 13.8. The Bertz CT molecular complexity index is 970. The van der Waals surface area contributed by atoms with Gasteiger partial charge in [-0.2, -0.15) is 0 Å². The van der Waals surface area contributed by atoms with Gasteiger partial charge in [-0.1, -0.05) is 22.8 Å². The van der Waals surface area contributed by atoms with E-state index in [2.05, 4.69) is 10.5 Å². The zero-order valence-electron chi connectivity index (χ0n) is 15.3. The van der Waals surface area contributed by atoms with E-state index in [1.54, 1.807) is 38.5 Å². The third-order valence-corrected chi connectivity index (χ3v) is 4.45. The van der Waals surface area contributed by atoms with Crippen LogP contribution in [-0.4, -0.2) is 25.3 Å².